The number of carbonyl (C=O) groups is 1. The lowest BCUT2D eigenvalue weighted by Crippen LogP contribution is -2.09. The second kappa shape index (κ2) is 12.9. The van der Waals surface area contributed by atoms with E-state index in [-0.39, 0.29) is 5.69 Å². The van der Waals surface area contributed by atoms with Gasteiger partial charge in [-0.05, 0) is 79.8 Å². The van der Waals surface area contributed by atoms with Gasteiger partial charge in [0.2, 0.25) is 0 Å². The number of fused-ring (bicyclic) bond motifs is 8. The van der Waals surface area contributed by atoms with Gasteiger partial charge in [-0.2, -0.15) is 10.2 Å². The van der Waals surface area contributed by atoms with Gasteiger partial charge in [-0.15, -0.1) is 23.5 Å². The number of carboxylic acid groups (broad SMARTS) is 1. The van der Waals surface area contributed by atoms with Crippen molar-refractivity contribution in [2.75, 3.05) is 6.61 Å². The SMILES string of the molecule is Cc1nn(C)c2c1-c1c(F)ccc3c(c(C(=O)O)n(C)c13)CCCOc1cc(cc3ccccc13)SCc1cc(nn1CC1CC1)CSC2. The monoisotopic (exact) mass is 695 g/mol. The Morgan fingerprint density at radius 1 is 1.02 bits per heavy atom. The molecule has 0 radical (unpaired) electrons. The van der Waals surface area contributed by atoms with Crippen LogP contribution in [-0.2, 0) is 44.3 Å². The Labute approximate surface area is 292 Å². The zero-order valence-electron chi connectivity index (χ0n) is 27.8. The molecule has 1 N–H and O–H groups in total. The molecule has 1 aliphatic carbocycles. The number of carboxylic acids is 1. The first-order chi connectivity index (χ1) is 23.8. The quantitative estimate of drug-likeness (QED) is 0.199. The van der Waals surface area contributed by atoms with E-state index in [1.807, 2.05) is 30.8 Å². The third-order valence-corrected chi connectivity index (χ3v) is 11.7. The predicted molar refractivity (Wildman–Crippen MR) is 194 cm³/mol. The van der Waals surface area contributed by atoms with E-state index in [2.05, 4.69) is 35.0 Å². The molecular weight excluding hydrogens is 658 g/mol. The molecule has 8 nitrogen and oxygen atoms in total. The lowest BCUT2D eigenvalue weighted by Gasteiger charge is -2.13. The fourth-order valence-electron chi connectivity index (χ4n) is 7.26. The van der Waals surface area contributed by atoms with Crippen molar-refractivity contribution in [3.8, 4) is 16.9 Å². The molecular formula is C38H38FN5O3S2. The molecule has 2 aliphatic rings. The van der Waals surface area contributed by atoms with Crippen LogP contribution in [0.4, 0.5) is 4.39 Å². The van der Waals surface area contributed by atoms with Gasteiger partial charge in [-0.3, -0.25) is 9.36 Å². The van der Waals surface area contributed by atoms with Crippen LogP contribution in [0.3, 0.4) is 0 Å². The first-order valence-electron chi connectivity index (χ1n) is 16.7. The largest absolute Gasteiger partial charge is 0.493 e. The molecule has 1 fully saturated rings. The summed E-state index contributed by atoms with van der Waals surface area (Å²) < 4.78 is 28.2. The molecule has 1 saturated carbocycles. The number of nitrogens with zero attached hydrogens (tertiary/aromatic N) is 5. The van der Waals surface area contributed by atoms with Crippen LogP contribution in [0, 0.1) is 18.7 Å². The molecule has 3 aromatic carbocycles. The number of hydrogen-bond acceptors (Lipinski definition) is 6. The molecule has 0 unspecified atom stereocenters. The number of aryl methyl sites for hydroxylation is 4. The molecule has 49 heavy (non-hydrogen) atoms. The third-order valence-electron chi connectivity index (χ3n) is 9.75. The first kappa shape index (κ1) is 32.0. The van der Waals surface area contributed by atoms with E-state index in [1.54, 1.807) is 41.2 Å². The topological polar surface area (TPSA) is 87.1 Å². The van der Waals surface area contributed by atoms with Crippen molar-refractivity contribution in [1.82, 2.24) is 24.1 Å². The summed E-state index contributed by atoms with van der Waals surface area (Å²) in [6.45, 7) is 3.24. The summed E-state index contributed by atoms with van der Waals surface area (Å²) in [6, 6.07) is 18.0. The molecule has 0 amide bonds. The van der Waals surface area contributed by atoms with Gasteiger partial charge in [0.05, 0.1) is 29.2 Å². The maximum Gasteiger partial charge on any atom is 0.352 e. The van der Waals surface area contributed by atoms with Gasteiger partial charge in [0, 0.05) is 70.4 Å². The molecule has 0 spiro atoms. The van der Waals surface area contributed by atoms with Crippen LogP contribution in [-0.4, -0.2) is 41.8 Å². The van der Waals surface area contributed by atoms with Crippen LogP contribution in [0.5, 0.6) is 5.75 Å². The van der Waals surface area contributed by atoms with Crippen LogP contribution in [0.1, 0.15) is 58.1 Å². The Hall–Kier alpha value is -4.22. The molecule has 8 rings (SSSR count). The predicted octanol–water partition coefficient (Wildman–Crippen LogP) is 8.53. The Balaban J connectivity index is 1.25. The van der Waals surface area contributed by atoms with Crippen molar-refractivity contribution in [2.45, 2.75) is 61.3 Å². The minimum absolute atomic E-state index is 0.169. The first-order valence-corrected chi connectivity index (χ1v) is 18.9. The number of aromatic nitrogens is 5. The highest BCUT2D eigenvalue weighted by atomic mass is 32.2. The highest BCUT2D eigenvalue weighted by molar-refractivity contribution is 7.98. The van der Waals surface area contributed by atoms with Crippen LogP contribution in [0.15, 0.2) is 59.5 Å². The van der Waals surface area contributed by atoms with Crippen molar-refractivity contribution in [3.05, 3.63) is 94.4 Å². The van der Waals surface area contributed by atoms with E-state index < -0.39 is 11.8 Å². The van der Waals surface area contributed by atoms with Crippen molar-refractivity contribution >= 4 is 51.2 Å². The van der Waals surface area contributed by atoms with Crippen molar-refractivity contribution < 1.29 is 19.0 Å². The second-order valence-electron chi connectivity index (χ2n) is 13.2. The lowest BCUT2D eigenvalue weighted by molar-refractivity contribution is 0.0685. The Bertz CT molecular complexity index is 2250. The lowest BCUT2D eigenvalue weighted by atomic mass is 9.98. The number of aromatic carboxylic acids is 1. The van der Waals surface area contributed by atoms with E-state index >= 15 is 4.39 Å². The zero-order chi connectivity index (χ0) is 33.8. The van der Waals surface area contributed by atoms with Gasteiger partial charge >= 0.3 is 5.97 Å². The summed E-state index contributed by atoms with van der Waals surface area (Å²) in [4.78, 5) is 13.9. The molecule has 4 heterocycles. The summed E-state index contributed by atoms with van der Waals surface area (Å²) >= 11 is 3.52. The Morgan fingerprint density at radius 3 is 2.67 bits per heavy atom. The fourth-order valence-corrected chi connectivity index (χ4v) is 9.18. The smallest absolute Gasteiger partial charge is 0.352 e. The number of thioether (sulfide) groups is 2. The number of benzene rings is 3. The van der Waals surface area contributed by atoms with E-state index in [0.717, 1.165) is 56.1 Å². The van der Waals surface area contributed by atoms with Crippen LogP contribution < -0.4 is 4.74 Å². The van der Waals surface area contributed by atoms with Gasteiger partial charge in [0.15, 0.2) is 0 Å². The molecule has 8 bridgehead atoms. The number of halogens is 1. The van der Waals surface area contributed by atoms with Crippen molar-refractivity contribution in [3.63, 3.8) is 0 Å². The summed E-state index contributed by atoms with van der Waals surface area (Å²) in [5, 5.41) is 23.1. The maximum absolute atomic E-state index is 16.1. The van der Waals surface area contributed by atoms with Crippen molar-refractivity contribution in [2.24, 2.45) is 20.0 Å². The second-order valence-corrected chi connectivity index (χ2v) is 15.2. The van der Waals surface area contributed by atoms with E-state index in [4.69, 9.17) is 14.9 Å². The van der Waals surface area contributed by atoms with Gasteiger partial charge < -0.3 is 14.4 Å². The van der Waals surface area contributed by atoms with E-state index in [1.165, 1.54) is 24.6 Å². The summed E-state index contributed by atoms with van der Waals surface area (Å²) in [5.74, 6) is 2.18. The Kier molecular flexibility index (Phi) is 8.43. The average molecular weight is 696 g/mol. The maximum atomic E-state index is 16.1. The minimum Gasteiger partial charge on any atom is -0.493 e. The Morgan fingerprint density at radius 2 is 1.86 bits per heavy atom. The van der Waals surface area contributed by atoms with Crippen LogP contribution in [0.2, 0.25) is 0 Å². The standard InChI is InChI=1S/C38H38FN5O3S2/c1-22-34-32(43(3)40-22)21-48-19-25-16-26(44(41-25)18-23-10-11-23)20-49-27-15-24-7-4-5-8-28(24)33(17-27)47-14-6-9-29-30-12-13-31(39)35(34)36(30)42(2)37(29)38(45)46/h4-5,7-8,12-13,15-17,23H,6,9-11,14,18-21H2,1-3H3,(H,45,46). The van der Waals surface area contributed by atoms with Gasteiger partial charge in [-0.1, -0.05) is 24.3 Å². The molecule has 11 heteroatoms. The van der Waals surface area contributed by atoms with Crippen LogP contribution >= 0.6 is 23.5 Å². The molecule has 252 valence electrons. The van der Waals surface area contributed by atoms with E-state index in [0.29, 0.717) is 59.2 Å². The molecule has 0 atom stereocenters. The number of hydrogen-bond donors (Lipinski definition) is 1. The number of ether oxygens (including phenoxy) is 1. The van der Waals surface area contributed by atoms with E-state index in [9.17, 15) is 9.90 Å². The summed E-state index contributed by atoms with van der Waals surface area (Å²) in [6.07, 6.45) is 3.57. The molecule has 1 aliphatic heterocycles. The average Bonchev–Trinajstić information content (AvgIpc) is 3.65. The molecule has 3 aromatic heterocycles. The van der Waals surface area contributed by atoms with Gasteiger partial charge in [-0.25, -0.2) is 9.18 Å². The highest BCUT2D eigenvalue weighted by Gasteiger charge is 2.28. The van der Waals surface area contributed by atoms with Crippen molar-refractivity contribution in [1.29, 1.82) is 0 Å². The third kappa shape index (κ3) is 6.01. The van der Waals surface area contributed by atoms with Gasteiger partial charge in [0.1, 0.15) is 17.3 Å². The fraction of sp³-hybridized carbons (Fsp3) is 0.342. The minimum atomic E-state index is -1.04. The van der Waals surface area contributed by atoms with Gasteiger partial charge in [0.25, 0.3) is 0 Å². The molecule has 6 aromatic rings. The van der Waals surface area contributed by atoms with Crippen LogP contribution in [0.25, 0.3) is 32.8 Å². The zero-order valence-corrected chi connectivity index (χ0v) is 29.5. The highest BCUT2D eigenvalue weighted by Crippen LogP contribution is 2.41. The molecule has 0 saturated heterocycles. The number of rotatable bonds is 3. The normalized spacial score (nSPS) is 15.7. The summed E-state index contributed by atoms with van der Waals surface area (Å²) in [7, 11) is 3.61. The summed E-state index contributed by atoms with van der Waals surface area (Å²) in [5.41, 5.74) is 6.39.